The maximum absolute atomic E-state index is 12.1. The van der Waals surface area contributed by atoms with Crippen LogP contribution in [0, 0.1) is 0 Å². The van der Waals surface area contributed by atoms with Gasteiger partial charge in [-0.1, -0.05) is 49.4 Å². The molecule has 0 fully saturated rings. The highest BCUT2D eigenvalue weighted by molar-refractivity contribution is 5.84. The fourth-order valence-electron chi connectivity index (χ4n) is 2.58. The Bertz CT molecular complexity index is 525. The summed E-state index contributed by atoms with van der Waals surface area (Å²) in [7, 11) is 0. The van der Waals surface area contributed by atoms with Gasteiger partial charge in [0.15, 0.2) is 0 Å². The minimum Gasteiger partial charge on any atom is -0.353 e. The minimum atomic E-state index is -0.0778. The van der Waals surface area contributed by atoms with Crippen LogP contribution in [0.5, 0.6) is 0 Å². The molecule has 0 bridgehead atoms. The number of carbonyl (C=O) groups excluding carboxylic acids is 2. The van der Waals surface area contributed by atoms with Gasteiger partial charge in [-0.3, -0.25) is 9.59 Å². The molecule has 1 aromatic rings. The lowest BCUT2D eigenvalue weighted by molar-refractivity contribution is -0.127. The quantitative estimate of drug-likeness (QED) is 0.825. The molecule has 0 spiro atoms. The smallest absolute Gasteiger partial charge is 0.221 e. The van der Waals surface area contributed by atoms with Gasteiger partial charge in [0.25, 0.3) is 0 Å². The number of carbonyl (C=O) groups is 2. The van der Waals surface area contributed by atoms with Crippen LogP contribution in [0.2, 0.25) is 0 Å². The summed E-state index contributed by atoms with van der Waals surface area (Å²) in [5.74, 6) is -0.127. The molecule has 0 aliphatic carbocycles. The first-order chi connectivity index (χ1) is 10.7. The molecule has 1 aliphatic rings. The van der Waals surface area contributed by atoms with Crippen molar-refractivity contribution in [1.29, 1.82) is 0 Å². The normalized spacial score (nSPS) is 25.3. The highest BCUT2D eigenvalue weighted by Crippen LogP contribution is 2.18. The zero-order chi connectivity index (χ0) is 15.8. The number of rotatable bonds is 2. The Hall–Kier alpha value is -2.10. The van der Waals surface area contributed by atoms with E-state index in [1.807, 2.05) is 30.3 Å². The Morgan fingerprint density at radius 1 is 0.955 bits per heavy atom. The highest BCUT2D eigenvalue weighted by Gasteiger charge is 2.16. The zero-order valence-electron chi connectivity index (χ0n) is 13.0. The monoisotopic (exact) mass is 300 g/mol. The second-order valence-corrected chi connectivity index (χ2v) is 5.65. The van der Waals surface area contributed by atoms with Gasteiger partial charge in [0.1, 0.15) is 0 Å². The van der Waals surface area contributed by atoms with Crippen molar-refractivity contribution in [2.75, 3.05) is 0 Å². The molecule has 2 rings (SSSR count). The molecule has 0 saturated heterocycles. The summed E-state index contributed by atoms with van der Waals surface area (Å²) in [5, 5.41) is 6.00. The molecule has 0 unspecified atom stereocenters. The molecule has 4 nitrogen and oxygen atoms in total. The molecular weight excluding hydrogens is 276 g/mol. The number of hydrogen-bond acceptors (Lipinski definition) is 2. The number of benzene rings is 1. The molecule has 2 atom stereocenters. The van der Waals surface area contributed by atoms with Crippen LogP contribution < -0.4 is 10.6 Å². The van der Waals surface area contributed by atoms with Gasteiger partial charge in [0, 0.05) is 18.9 Å². The topological polar surface area (TPSA) is 58.2 Å². The fraction of sp³-hybridized carbons (Fsp3) is 0.444. The number of amides is 2. The maximum Gasteiger partial charge on any atom is 0.221 e. The third-order valence-electron chi connectivity index (χ3n) is 3.93. The van der Waals surface area contributed by atoms with Crippen molar-refractivity contribution in [2.24, 2.45) is 0 Å². The predicted octanol–water partition coefficient (Wildman–Crippen LogP) is 2.87. The lowest BCUT2D eigenvalue weighted by Crippen LogP contribution is -2.36. The van der Waals surface area contributed by atoms with E-state index in [9.17, 15) is 9.59 Å². The molecule has 2 amide bonds. The minimum absolute atomic E-state index is 0.0347. The van der Waals surface area contributed by atoms with Gasteiger partial charge in [-0.25, -0.2) is 0 Å². The molecule has 1 aliphatic heterocycles. The third-order valence-corrected chi connectivity index (χ3v) is 3.93. The van der Waals surface area contributed by atoms with Crippen molar-refractivity contribution in [3.05, 3.63) is 48.0 Å². The first-order valence-electron chi connectivity index (χ1n) is 7.97. The van der Waals surface area contributed by atoms with Gasteiger partial charge in [-0.2, -0.15) is 0 Å². The average Bonchev–Trinajstić information content (AvgIpc) is 2.54. The Balaban J connectivity index is 2.12. The standard InChI is InChI=1S/C18H24N2O2/c1-2-15-10-6-7-11-16(14-8-4-3-5-9-14)20-18(22)13-12-17(21)19-15/h3-9,15-16H,2,10-13H2,1H3,(H,19,21)(H,20,22)/b7-6-/t15-,16-/m0/s1. The SMILES string of the molecule is CC[C@H]1C/C=C\C[C@@H](c2ccccc2)NC(=O)CCC(=O)N1. The fourth-order valence-corrected chi connectivity index (χ4v) is 2.58. The molecule has 1 aromatic carbocycles. The van der Waals surface area contributed by atoms with E-state index in [0.29, 0.717) is 0 Å². The van der Waals surface area contributed by atoms with Crippen LogP contribution in [0.3, 0.4) is 0 Å². The van der Waals surface area contributed by atoms with E-state index >= 15 is 0 Å². The number of hydrogen-bond donors (Lipinski definition) is 2. The van der Waals surface area contributed by atoms with Gasteiger partial charge >= 0.3 is 0 Å². The van der Waals surface area contributed by atoms with Crippen molar-refractivity contribution >= 4 is 11.8 Å². The predicted molar refractivity (Wildman–Crippen MR) is 87.2 cm³/mol. The van der Waals surface area contributed by atoms with Crippen molar-refractivity contribution in [3.8, 4) is 0 Å². The van der Waals surface area contributed by atoms with E-state index in [1.165, 1.54) is 0 Å². The van der Waals surface area contributed by atoms with Crippen LogP contribution in [0.15, 0.2) is 42.5 Å². The van der Waals surface area contributed by atoms with E-state index in [0.717, 1.165) is 24.8 Å². The number of nitrogens with one attached hydrogen (secondary N) is 2. The van der Waals surface area contributed by atoms with Gasteiger partial charge < -0.3 is 10.6 Å². The van der Waals surface area contributed by atoms with E-state index in [1.54, 1.807) is 0 Å². The van der Waals surface area contributed by atoms with Crippen LogP contribution >= 0.6 is 0 Å². The second kappa shape index (κ2) is 8.37. The molecule has 2 N–H and O–H groups in total. The van der Waals surface area contributed by atoms with Crippen LogP contribution in [-0.2, 0) is 9.59 Å². The summed E-state index contributed by atoms with van der Waals surface area (Å²) in [5.41, 5.74) is 1.09. The second-order valence-electron chi connectivity index (χ2n) is 5.65. The molecule has 118 valence electrons. The van der Waals surface area contributed by atoms with Crippen molar-refractivity contribution in [3.63, 3.8) is 0 Å². The summed E-state index contributed by atoms with van der Waals surface area (Å²) in [6.45, 7) is 2.06. The van der Waals surface area contributed by atoms with Crippen molar-refractivity contribution in [1.82, 2.24) is 10.6 Å². The van der Waals surface area contributed by atoms with Crippen molar-refractivity contribution < 1.29 is 9.59 Å². The molecule has 22 heavy (non-hydrogen) atoms. The zero-order valence-corrected chi connectivity index (χ0v) is 13.0. The van der Waals surface area contributed by atoms with E-state index < -0.39 is 0 Å². The molecule has 0 radical (unpaired) electrons. The molecule has 4 heteroatoms. The summed E-state index contributed by atoms with van der Waals surface area (Å²) in [6.07, 6.45) is 7.15. The summed E-state index contributed by atoms with van der Waals surface area (Å²) in [4.78, 5) is 23.9. The van der Waals surface area contributed by atoms with Crippen LogP contribution in [-0.4, -0.2) is 17.9 Å². The van der Waals surface area contributed by atoms with Crippen LogP contribution in [0.1, 0.15) is 50.6 Å². The van der Waals surface area contributed by atoms with Crippen LogP contribution in [0.25, 0.3) is 0 Å². The maximum atomic E-state index is 12.1. The summed E-state index contributed by atoms with van der Waals surface area (Å²) >= 11 is 0. The lowest BCUT2D eigenvalue weighted by Gasteiger charge is -2.20. The van der Waals surface area contributed by atoms with Gasteiger partial charge in [-0.15, -0.1) is 0 Å². The van der Waals surface area contributed by atoms with Gasteiger partial charge in [-0.05, 0) is 24.8 Å². The Labute approximate surface area is 132 Å². The molecule has 0 saturated carbocycles. The molecule has 1 heterocycles. The third kappa shape index (κ3) is 5.02. The molecular formula is C18H24N2O2. The average molecular weight is 300 g/mol. The first kappa shape index (κ1) is 16.3. The summed E-state index contributed by atoms with van der Waals surface area (Å²) < 4.78 is 0. The van der Waals surface area contributed by atoms with E-state index in [4.69, 9.17) is 0 Å². The van der Waals surface area contributed by atoms with Crippen LogP contribution in [0.4, 0.5) is 0 Å². The van der Waals surface area contributed by atoms with Crippen molar-refractivity contribution in [2.45, 2.75) is 51.1 Å². The lowest BCUT2D eigenvalue weighted by atomic mass is 10.0. The Kier molecular flexibility index (Phi) is 6.19. The van der Waals surface area contributed by atoms with E-state index in [-0.39, 0.29) is 36.7 Å². The highest BCUT2D eigenvalue weighted by atomic mass is 16.2. The van der Waals surface area contributed by atoms with Gasteiger partial charge in [0.05, 0.1) is 6.04 Å². The first-order valence-corrected chi connectivity index (χ1v) is 7.97. The Morgan fingerprint density at radius 2 is 1.59 bits per heavy atom. The largest absolute Gasteiger partial charge is 0.353 e. The van der Waals surface area contributed by atoms with E-state index in [2.05, 4.69) is 29.7 Å². The summed E-state index contributed by atoms with van der Waals surface area (Å²) in [6, 6.07) is 10.1. The Morgan fingerprint density at radius 3 is 2.27 bits per heavy atom. The van der Waals surface area contributed by atoms with Gasteiger partial charge in [0.2, 0.25) is 11.8 Å². The molecule has 0 aromatic heterocycles.